The SMILES string of the molecule is COCC(C)(NC(=O)CC1CCCN1)C(=O)OC. The lowest BCUT2D eigenvalue weighted by Gasteiger charge is -2.27. The van der Waals surface area contributed by atoms with Crippen LogP contribution in [0.3, 0.4) is 0 Å². The minimum Gasteiger partial charge on any atom is -0.467 e. The summed E-state index contributed by atoms with van der Waals surface area (Å²) in [4.78, 5) is 23.6. The van der Waals surface area contributed by atoms with Crippen LogP contribution in [0, 0.1) is 0 Å². The summed E-state index contributed by atoms with van der Waals surface area (Å²) in [6.07, 6.45) is 2.45. The summed E-state index contributed by atoms with van der Waals surface area (Å²) in [5.74, 6) is -0.670. The van der Waals surface area contributed by atoms with Gasteiger partial charge in [0.1, 0.15) is 0 Å². The predicted molar refractivity (Wildman–Crippen MR) is 66.1 cm³/mol. The Morgan fingerprint density at radius 3 is 2.67 bits per heavy atom. The van der Waals surface area contributed by atoms with Gasteiger partial charge in [-0.05, 0) is 26.3 Å². The first kappa shape index (κ1) is 14.9. The minimum atomic E-state index is -1.13. The molecule has 1 aliphatic heterocycles. The van der Waals surface area contributed by atoms with E-state index in [0.29, 0.717) is 6.42 Å². The van der Waals surface area contributed by atoms with Gasteiger partial charge in [-0.3, -0.25) is 4.79 Å². The Kier molecular flexibility index (Phi) is 5.55. The molecule has 1 rings (SSSR count). The molecule has 2 unspecified atom stereocenters. The van der Waals surface area contributed by atoms with Gasteiger partial charge in [0.05, 0.1) is 13.7 Å². The van der Waals surface area contributed by atoms with Crippen LogP contribution in [0.4, 0.5) is 0 Å². The highest BCUT2D eigenvalue weighted by Gasteiger charge is 2.36. The average Bonchev–Trinajstić information content (AvgIpc) is 2.80. The molecule has 1 saturated heterocycles. The van der Waals surface area contributed by atoms with E-state index < -0.39 is 11.5 Å². The predicted octanol–water partition coefficient (Wildman–Crippen LogP) is -0.177. The standard InChI is InChI=1S/C12H22N2O4/c1-12(8-17-2,11(16)18-3)14-10(15)7-9-5-4-6-13-9/h9,13H,4-8H2,1-3H3,(H,14,15). The van der Waals surface area contributed by atoms with Gasteiger partial charge in [-0.2, -0.15) is 0 Å². The number of rotatable bonds is 6. The van der Waals surface area contributed by atoms with Gasteiger partial charge in [0.25, 0.3) is 0 Å². The fourth-order valence-corrected chi connectivity index (χ4v) is 2.17. The van der Waals surface area contributed by atoms with E-state index in [0.717, 1.165) is 19.4 Å². The monoisotopic (exact) mass is 258 g/mol. The van der Waals surface area contributed by atoms with Crippen LogP contribution < -0.4 is 10.6 Å². The Morgan fingerprint density at radius 2 is 2.17 bits per heavy atom. The molecule has 0 aromatic carbocycles. The normalized spacial score (nSPS) is 22.3. The second-order valence-corrected chi connectivity index (χ2v) is 4.80. The summed E-state index contributed by atoms with van der Waals surface area (Å²) in [6, 6.07) is 0.203. The first-order valence-electron chi connectivity index (χ1n) is 6.13. The third-order valence-corrected chi connectivity index (χ3v) is 3.08. The van der Waals surface area contributed by atoms with Gasteiger partial charge in [-0.25, -0.2) is 4.79 Å². The van der Waals surface area contributed by atoms with Crippen LogP contribution in [-0.2, 0) is 19.1 Å². The molecule has 1 aliphatic rings. The van der Waals surface area contributed by atoms with E-state index in [1.54, 1.807) is 6.92 Å². The van der Waals surface area contributed by atoms with Gasteiger partial charge < -0.3 is 20.1 Å². The van der Waals surface area contributed by atoms with Crippen molar-refractivity contribution >= 4 is 11.9 Å². The van der Waals surface area contributed by atoms with Crippen LogP contribution in [0.1, 0.15) is 26.2 Å². The van der Waals surface area contributed by atoms with E-state index >= 15 is 0 Å². The highest BCUT2D eigenvalue weighted by molar-refractivity contribution is 5.88. The van der Waals surface area contributed by atoms with Crippen molar-refractivity contribution in [3.63, 3.8) is 0 Å². The lowest BCUT2D eigenvalue weighted by Crippen LogP contribution is -2.56. The Hall–Kier alpha value is -1.14. The summed E-state index contributed by atoms with van der Waals surface area (Å²) in [5.41, 5.74) is -1.13. The van der Waals surface area contributed by atoms with Gasteiger partial charge in [-0.1, -0.05) is 0 Å². The maximum Gasteiger partial charge on any atom is 0.333 e. The van der Waals surface area contributed by atoms with Crippen LogP contribution in [0.5, 0.6) is 0 Å². The van der Waals surface area contributed by atoms with Gasteiger partial charge in [0.15, 0.2) is 5.54 Å². The summed E-state index contributed by atoms with van der Waals surface area (Å²) < 4.78 is 9.66. The van der Waals surface area contributed by atoms with Gasteiger partial charge in [0.2, 0.25) is 5.91 Å². The van der Waals surface area contributed by atoms with E-state index in [1.165, 1.54) is 14.2 Å². The van der Waals surface area contributed by atoms with Crippen LogP contribution in [0.25, 0.3) is 0 Å². The Labute approximate surface area is 107 Å². The smallest absolute Gasteiger partial charge is 0.333 e. The molecule has 0 aliphatic carbocycles. The fourth-order valence-electron chi connectivity index (χ4n) is 2.17. The zero-order valence-electron chi connectivity index (χ0n) is 11.2. The molecule has 0 spiro atoms. The third-order valence-electron chi connectivity index (χ3n) is 3.08. The molecular formula is C12H22N2O4. The Bertz CT molecular complexity index is 302. The van der Waals surface area contributed by atoms with E-state index in [2.05, 4.69) is 15.4 Å². The summed E-state index contributed by atoms with van der Waals surface area (Å²) in [7, 11) is 2.77. The number of ether oxygens (including phenoxy) is 2. The number of hydrogen-bond donors (Lipinski definition) is 2. The largest absolute Gasteiger partial charge is 0.467 e. The molecule has 0 aromatic rings. The highest BCUT2D eigenvalue weighted by Crippen LogP contribution is 2.11. The Balaban J connectivity index is 2.53. The molecule has 0 saturated carbocycles. The number of nitrogens with one attached hydrogen (secondary N) is 2. The van der Waals surface area contributed by atoms with Crippen molar-refractivity contribution in [3.05, 3.63) is 0 Å². The quantitative estimate of drug-likeness (QED) is 0.646. The lowest BCUT2D eigenvalue weighted by atomic mass is 10.0. The maximum absolute atomic E-state index is 11.9. The van der Waals surface area contributed by atoms with Crippen LogP contribution >= 0.6 is 0 Å². The molecule has 1 heterocycles. The number of carbonyl (C=O) groups is 2. The molecule has 2 atom stereocenters. The molecule has 0 radical (unpaired) electrons. The molecule has 0 bridgehead atoms. The minimum absolute atomic E-state index is 0.0868. The molecule has 104 valence electrons. The van der Waals surface area contributed by atoms with E-state index in [-0.39, 0.29) is 18.6 Å². The molecule has 6 heteroatoms. The van der Waals surface area contributed by atoms with Crippen molar-refractivity contribution in [1.29, 1.82) is 0 Å². The fraction of sp³-hybridized carbons (Fsp3) is 0.833. The van der Waals surface area contributed by atoms with E-state index in [4.69, 9.17) is 4.74 Å². The molecule has 1 amide bonds. The van der Waals surface area contributed by atoms with E-state index in [9.17, 15) is 9.59 Å². The molecular weight excluding hydrogens is 236 g/mol. The molecule has 6 nitrogen and oxygen atoms in total. The topological polar surface area (TPSA) is 76.7 Å². The van der Waals surface area contributed by atoms with E-state index in [1.807, 2.05) is 0 Å². The van der Waals surface area contributed by atoms with Crippen molar-refractivity contribution in [2.75, 3.05) is 27.4 Å². The van der Waals surface area contributed by atoms with Crippen LogP contribution in [0.2, 0.25) is 0 Å². The number of esters is 1. The van der Waals surface area contributed by atoms with Crippen molar-refractivity contribution in [3.8, 4) is 0 Å². The summed E-state index contributed by atoms with van der Waals surface area (Å²) in [5, 5.41) is 5.93. The summed E-state index contributed by atoms with van der Waals surface area (Å²) in [6.45, 7) is 2.64. The first-order valence-corrected chi connectivity index (χ1v) is 6.13. The third kappa shape index (κ3) is 3.96. The second kappa shape index (κ2) is 6.70. The van der Waals surface area contributed by atoms with Crippen molar-refractivity contribution in [2.45, 2.75) is 37.8 Å². The zero-order chi connectivity index (χ0) is 13.6. The number of amides is 1. The van der Waals surface area contributed by atoms with Crippen molar-refractivity contribution in [1.82, 2.24) is 10.6 Å². The van der Waals surface area contributed by atoms with Gasteiger partial charge in [0, 0.05) is 19.6 Å². The van der Waals surface area contributed by atoms with Gasteiger partial charge in [-0.15, -0.1) is 0 Å². The van der Waals surface area contributed by atoms with Crippen molar-refractivity contribution in [2.24, 2.45) is 0 Å². The number of hydrogen-bond acceptors (Lipinski definition) is 5. The second-order valence-electron chi connectivity index (χ2n) is 4.80. The van der Waals surface area contributed by atoms with Crippen LogP contribution in [0.15, 0.2) is 0 Å². The molecule has 0 aromatic heterocycles. The van der Waals surface area contributed by atoms with Gasteiger partial charge >= 0.3 is 5.97 Å². The zero-order valence-corrected chi connectivity index (χ0v) is 11.2. The maximum atomic E-state index is 11.9. The average molecular weight is 258 g/mol. The van der Waals surface area contributed by atoms with Crippen molar-refractivity contribution < 1.29 is 19.1 Å². The van der Waals surface area contributed by atoms with Crippen LogP contribution in [-0.4, -0.2) is 50.8 Å². The first-order chi connectivity index (χ1) is 8.51. The lowest BCUT2D eigenvalue weighted by molar-refractivity contribution is -0.152. The molecule has 2 N–H and O–H groups in total. The Morgan fingerprint density at radius 1 is 1.44 bits per heavy atom. The molecule has 18 heavy (non-hydrogen) atoms. The number of carbonyl (C=O) groups excluding carboxylic acids is 2. The highest BCUT2D eigenvalue weighted by atomic mass is 16.5. The number of methoxy groups -OCH3 is 2. The molecule has 1 fully saturated rings. The summed E-state index contributed by atoms with van der Waals surface area (Å²) >= 11 is 0.